The molecule has 0 saturated carbocycles. The van der Waals surface area contributed by atoms with E-state index in [1.807, 2.05) is 30.3 Å². The first-order valence-electron chi connectivity index (χ1n) is 13.4. The first-order chi connectivity index (χ1) is 19.5. The molecule has 1 aliphatic heterocycles. The van der Waals surface area contributed by atoms with Crippen molar-refractivity contribution in [2.45, 2.75) is 13.5 Å². The molecule has 6 rings (SSSR count). The third-order valence-corrected chi connectivity index (χ3v) is 7.21. The Morgan fingerprint density at radius 2 is 1.82 bits per heavy atom. The zero-order chi connectivity index (χ0) is 27.5. The minimum atomic E-state index is -0.207. The number of carbonyl (C=O) groups is 1. The molecule has 202 valence electrons. The molecule has 3 aromatic heterocycles. The van der Waals surface area contributed by atoms with E-state index in [2.05, 4.69) is 55.1 Å². The van der Waals surface area contributed by atoms with Gasteiger partial charge in [-0.05, 0) is 73.6 Å². The average molecular weight is 534 g/mol. The number of anilines is 1. The average Bonchev–Trinajstić information content (AvgIpc) is 3.46. The number of rotatable bonds is 7. The summed E-state index contributed by atoms with van der Waals surface area (Å²) in [7, 11) is 2.17. The zero-order valence-electron chi connectivity index (χ0n) is 22.6. The van der Waals surface area contributed by atoms with Gasteiger partial charge in [0.05, 0.1) is 5.52 Å². The molecule has 0 radical (unpaired) electrons. The van der Waals surface area contributed by atoms with Crippen molar-refractivity contribution >= 4 is 22.6 Å². The number of H-pyrrole nitrogens is 1. The van der Waals surface area contributed by atoms with Crippen molar-refractivity contribution < 1.29 is 9.53 Å². The number of nitrogens with one attached hydrogen (secondary N) is 2. The van der Waals surface area contributed by atoms with Crippen LogP contribution in [0.1, 0.15) is 21.5 Å². The van der Waals surface area contributed by atoms with Crippen molar-refractivity contribution in [3.05, 3.63) is 95.9 Å². The first-order valence-corrected chi connectivity index (χ1v) is 13.4. The fraction of sp³-hybridized carbons (Fsp3) is 0.226. The highest BCUT2D eigenvalue weighted by atomic mass is 16.5. The van der Waals surface area contributed by atoms with Gasteiger partial charge in [0.25, 0.3) is 5.91 Å². The topological polar surface area (TPSA) is 99.3 Å². The summed E-state index contributed by atoms with van der Waals surface area (Å²) in [5.41, 5.74) is 5.95. The summed E-state index contributed by atoms with van der Waals surface area (Å²) in [5.74, 6) is 1.21. The quantitative estimate of drug-likeness (QED) is 0.300. The van der Waals surface area contributed by atoms with E-state index in [4.69, 9.17) is 4.74 Å². The number of nitrogens with zero attached hydrogens (tertiary/aromatic N) is 5. The molecule has 0 spiro atoms. The number of carbonyl (C=O) groups excluding carboxylic acids is 1. The van der Waals surface area contributed by atoms with Crippen molar-refractivity contribution in [2.75, 3.05) is 38.5 Å². The number of hydrogen-bond acceptors (Lipinski definition) is 7. The Bertz CT molecular complexity index is 1640. The molecule has 2 aromatic carbocycles. The SMILES string of the molecule is Cc1cc(NC(=O)c2cccc(Oc3nc(-c4ccncc4)nc4cc[nH]c34)c2)ccc1CN1CCN(C)CC1. The van der Waals surface area contributed by atoms with Gasteiger partial charge in [0.1, 0.15) is 11.3 Å². The Balaban J connectivity index is 1.17. The molecule has 0 bridgehead atoms. The van der Waals surface area contributed by atoms with Crippen LogP contribution in [0.15, 0.2) is 79.3 Å². The van der Waals surface area contributed by atoms with E-state index >= 15 is 0 Å². The van der Waals surface area contributed by atoms with Gasteiger partial charge in [-0.3, -0.25) is 14.7 Å². The molecule has 1 fully saturated rings. The molecule has 1 saturated heterocycles. The lowest BCUT2D eigenvalue weighted by Gasteiger charge is -2.32. The van der Waals surface area contributed by atoms with Gasteiger partial charge in [-0.2, -0.15) is 4.98 Å². The van der Waals surface area contributed by atoms with Crippen molar-refractivity contribution in [1.82, 2.24) is 29.7 Å². The molecule has 0 atom stereocenters. The molecule has 40 heavy (non-hydrogen) atoms. The van der Waals surface area contributed by atoms with Crippen LogP contribution < -0.4 is 10.1 Å². The summed E-state index contributed by atoms with van der Waals surface area (Å²) in [5, 5.41) is 3.03. The molecule has 4 heterocycles. The third kappa shape index (κ3) is 5.70. The summed E-state index contributed by atoms with van der Waals surface area (Å²) in [4.78, 5) is 34.5. The van der Waals surface area contributed by atoms with Crippen LogP contribution in [0, 0.1) is 6.92 Å². The smallest absolute Gasteiger partial charge is 0.255 e. The summed E-state index contributed by atoms with van der Waals surface area (Å²) < 4.78 is 6.18. The highest BCUT2D eigenvalue weighted by Crippen LogP contribution is 2.30. The van der Waals surface area contributed by atoms with E-state index in [0.29, 0.717) is 28.5 Å². The van der Waals surface area contributed by atoms with Gasteiger partial charge in [0.2, 0.25) is 5.88 Å². The van der Waals surface area contributed by atoms with Crippen LogP contribution in [0.3, 0.4) is 0 Å². The van der Waals surface area contributed by atoms with Crippen LogP contribution in [-0.2, 0) is 6.54 Å². The molecule has 1 amide bonds. The van der Waals surface area contributed by atoms with Crippen LogP contribution >= 0.6 is 0 Å². The number of amides is 1. The van der Waals surface area contributed by atoms with Crippen molar-refractivity contribution in [2.24, 2.45) is 0 Å². The largest absolute Gasteiger partial charge is 0.437 e. The predicted molar refractivity (Wildman–Crippen MR) is 156 cm³/mol. The van der Waals surface area contributed by atoms with Crippen LogP contribution in [0.25, 0.3) is 22.4 Å². The van der Waals surface area contributed by atoms with Crippen LogP contribution in [-0.4, -0.2) is 68.9 Å². The van der Waals surface area contributed by atoms with Gasteiger partial charge in [-0.1, -0.05) is 12.1 Å². The van der Waals surface area contributed by atoms with E-state index in [1.54, 1.807) is 42.9 Å². The molecule has 9 nitrogen and oxygen atoms in total. The van der Waals surface area contributed by atoms with Crippen molar-refractivity contribution in [3.63, 3.8) is 0 Å². The predicted octanol–water partition coefficient (Wildman–Crippen LogP) is 5.12. The number of aryl methyl sites for hydroxylation is 1. The maximum atomic E-state index is 13.2. The van der Waals surface area contributed by atoms with Gasteiger partial charge in [0, 0.05) is 68.1 Å². The molecule has 0 unspecified atom stereocenters. The summed E-state index contributed by atoms with van der Waals surface area (Å²) in [6, 6.07) is 18.8. The minimum Gasteiger partial charge on any atom is -0.437 e. The lowest BCUT2D eigenvalue weighted by molar-refractivity contribution is 0.102. The maximum Gasteiger partial charge on any atom is 0.255 e. The Labute approximate surface area is 232 Å². The maximum absolute atomic E-state index is 13.2. The highest BCUT2D eigenvalue weighted by Gasteiger charge is 2.16. The molecule has 0 aliphatic carbocycles. The Morgan fingerprint density at radius 3 is 2.62 bits per heavy atom. The highest BCUT2D eigenvalue weighted by molar-refractivity contribution is 6.04. The van der Waals surface area contributed by atoms with Gasteiger partial charge in [-0.25, -0.2) is 4.98 Å². The lowest BCUT2D eigenvalue weighted by atomic mass is 10.1. The van der Waals surface area contributed by atoms with Gasteiger partial charge < -0.3 is 19.9 Å². The summed E-state index contributed by atoms with van der Waals surface area (Å²) in [6.45, 7) is 7.35. The number of aromatic amines is 1. The standard InChI is InChI=1S/C31H31N7O2/c1-21-18-25(7-6-24(21)20-38-16-14-37(2)15-17-38)34-30(39)23-4-3-5-26(19-23)40-31-28-27(10-13-33-28)35-29(36-31)22-8-11-32-12-9-22/h3-13,18-19,33H,14-17,20H2,1-2H3,(H,34,39). The van der Waals surface area contributed by atoms with Crippen LogP contribution in [0.5, 0.6) is 11.6 Å². The van der Waals surface area contributed by atoms with E-state index < -0.39 is 0 Å². The number of fused-ring (bicyclic) bond motifs is 1. The number of benzene rings is 2. The second-order valence-corrected chi connectivity index (χ2v) is 10.1. The van der Waals surface area contributed by atoms with E-state index in [0.717, 1.165) is 55.1 Å². The number of aromatic nitrogens is 4. The minimum absolute atomic E-state index is 0.207. The second kappa shape index (κ2) is 11.3. The molecule has 9 heteroatoms. The number of piperazine rings is 1. The number of ether oxygens (including phenoxy) is 1. The number of pyridine rings is 1. The Kier molecular flexibility index (Phi) is 7.22. The summed E-state index contributed by atoms with van der Waals surface area (Å²) >= 11 is 0. The lowest BCUT2D eigenvalue weighted by Crippen LogP contribution is -2.43. The summed E-state index contributed by atoms with van der Waals surface area (Å²) in [6.07, 6.45) is 5.20. The van der Waals surface area contributed by atoms with E-state index in [9.17, 15) is 4.79 Å². The number of hydrogen-bond donors (Lipinski definition) is 2. The molecule has 1 aliphatic rings. The Hall–Kier alpha value is -4.60. The van der Waals surface area contributed by atoms with Crippen LogP contribution in [0.2, 0.25) is 0 Å². The molecule has 5 aromatic rings. The molecular formula is C31H31N7O2. The Morgan fingerprint density at radius 1 is 1.00 bits per heavy atom. The van der Waals surface area contributed by atoms with E-state index in [-0.39, 0.29) is 5.91 Å². The molecule has 2 N–H and O–H groups in total. The van der Waals surface area contributed by atoms with Crippen molar-refractivity contribution in [1.29, 1.82) is 0 Å². The number of likely N-dealkylation sites (N-methyl/N-ethyl adjacent to an activating group) is 1. The van der Waals surface area contributed by atoms with Gasteiger partial charge in [0.15, 0.2) is 5.82 Å². The normalized spacial score (nSPS) is 14.3. The van der Waals surface area contributed by atoms with Gasteiger partial charge in [-0.15, -0.1) is 0 Å². The van der Waals surface area contributed by atoms with E-state index in [1.165, 1.54) is 5.56 Å². The fourth-order valence-electron chi connectivity index (χ4n) is 4.83. The monoisotopic (exact) mass is 533 g/mol. The zero-order valence-corrected chi connectivity index (χ0v) is 22.6. The fourth-order valence-corrected chi connectivity index (χ4v) is 4.83. The third-order valence-electron chi connectivity index (χ3n) is 7.21. The van der Waals surface area contributed by atoms with Crippen molar-refractivity contribution in [3.8, 4) is 23.0 Å². The first kappa shape index (κ1) is 25.7. The molecular weight excluding hydrogens is 502 g/mol. The van der Waals surface area contributed by atoms with Gasteiger partial charge >= 0.3 is 0 Å². The van der Waals surface area contributed by atoms with Crippen LogP contribution in [0.4, 0.5) is 5.69 Å². The second-order valence-electron chi connectivity index (χ2n) is 10.1.